The first-order valence-electron chi connectivity index (χ1n) is 13.8. The summed E-state index contributed by atoms with van der Waals surface area (Å²) < 4.78 is 19.8. The predicted octanol–water partition coefficient (Wildman–Crippen LogP) is 4.17. The molecule has 0 amide bonds. The van der Waals surface area contributed by atoms with Crippen molar-refractivity contribution in [2.24, 2.45) is 0 Å². The van der Waals surface area contributed by atoms with Crippen LogP contribution < -0.4 is 0 Å². The van der Waals surface area contributed by atoms with E-state index in [4.69, 9.17) is 14.2 Å². The molecule has 3 heterocycles. The molecule has 4 fully saturated rings. The molecule has 0 radical (unpaired) electrons. The molecule has 3 saturated heterocycles. The van der Waals surface area contributed by atoms with Gasteiger partial charge in [0.2, 0.25) is 0 Å². The van der Waals surface area contributed by atoms with E-state index in [-0.39, 0.29) is 40.0 Å². The van der Waals surface area contributed by atoms with Crippen LogP contribution in [0.2, 0.25) is 0 Å². The Hall–Kier alpha value is -0.240. The van der Waals surface area contributed by atoms with Gasteiger partial charge in [-0.05, 0) is 88.1 Å². The zero-order valence-electron chi connectivity index (χ0n) is 23.7. The van der Waals surface area contributed by atoms with Gasteiger partial charge in [-0.3, -0.25) is 14.7 Å². The fourth-order valence-electron chi connectivity index (χ4n) is 6.53. The number of likely N-dealkylation sites (N-methyl/N-ethyl adjacent to an activating group) is 1. The van der Waals surface area contributed by atoms with Crippen LogP contribution >= 0.6 is 0 Å². The van der Waals surface area contributed by atoms with Gasteiger partial charge in [-0.15, -0.1) is 0 Å². The first kappa shape index (κ1) is 26.8. The second-order valence-corrected chi connectivity index (χ2v) is 14.4. The molecule has 6 heteroatoms. The normalized spacial score (nSPS) is 38.7. The molecule has 0 bridgehead atoms. The standard InChI is InChI=1S/C28H53N3O3/c1-24(2,3)30-17-22(15-26(7)21-32-14-13-29(26)9)33-27(8,19-30)16-23-18-31(25(4,5)6)20-28(34-23)11-10-12-28/h22-23H,10-21H2,1-9H3. The molecule has 0 aromatic rings. The Kier molecular flexibility index (Phi) is 7.30. The van der Waals surface area contributed by atoms with Gasteiger partial charge < -0.3 is 14.2 Å². The van der Waals surface area contributed by atoms with Gasteiger partial charge in [-0.2, -0.15) is 0 Å². The number of morpholine rings is 3. The molecule has 0 aromatic heterocycles. The number of rotatable bonds is 4. The number of ether oxygens (including phenoxy) is 3. The zero-order valence-corrected chi connectivity index (χ0v) is 23.7. The summed E-state index contributed by atoms with van der Waals surface area (Å²) in [4.78, 5) is 7.79. The highest BCUT2D eigenvalue weighted by Gasteiger charge is 2.50. The predicted molar refractivity (Wildman–Crippen MR) is 138 cm³/mol. The maximum atomic E-state index is 7.04. The van der Waals surface area contributed by atoms with Crippen molar-refractivity contribution in [1.82, 2.24) is 14.7 Å². The smallest absolute Gasteiger partial charge is 0.0813 e. The number of nitrogens with zero attached hydrogens (tertiary/aromatic N) is 3. The molecule has 6 nitrogen and oxygen atoms in total. The van der Waals surface area contributed by atoms with Crippen LogP contribution in [0.3, 0.4) is 0 Å². The van der Waals surface area contributed by atoms with E-state index in [1.54, 1.807) is 0 Å². The van der Waals surface area contributed by atoms with Crippen LogP contribution in [0.1, 0.15) is 87.5 Å². The minimum Gasteiger partial charge on any atom is -0.378 e. The van der Waals surface area contributed by atoms with Crippen molar-refractivity contribution in [3.63, 3.8) is 0 Å². The third kappa shape index (κ3) is 5.84. The van der Waals surface area contributed by atoms with Gasteiger partial charge in [0.15, 0.2) is 0 Å². The molecule has 4 rings (SSSR count). The monoisotopic (exact) mass is 479 g/mol. The lowest BCUT2D eigenvalue weighted by atomic mass is 9.77. The zero-order chi connectivity index (χ0) is 25.0. The van der Waals surface area contributed by atoms with Gasteiger partial charge in [0.1, 0.15) is 0 Å². The molecule has 0 N–H and O–H groups in total. The fraction of sp³-hybridized carbons (Fsp3) is 1.00. The Balaban J connectivity index is 1.51. The van der Waals surface area contributed by atoms with Crippen molar-refractivity contribution in [2.75, 3.05) is 53.0 Å². The van der Waals surface area contributed by atoms with Crippen LogP contribution in [0, 0.1) is 0 Å². The second-order valence-electron chi connectivity index (χ2n) is 14.4. The summed E-state index contributed by atoms with van der Waals surface area (Å²) in [5, 5.41) is 0. The maximum Gasteiger partial charge on any atom is 0.0813 e. The van der Waals surface area contributed by atoms with Crippen molar-refractivity contribution < 1.29 is 14.2 Å². The van der Waals surface area contributed by atoms with E-state index >= 15 is 0 Å². The molecular formula is C28H53N3O3. The van der Waals surface area contributed by atoms with Crippen LogP contribution in [0.4, 0.5) is 0 Å². The highest BCUT2D eigenvalue weighted by Crippen LogP contribution is 2.44. The lowest BCUT2D eigenvalue weighted by Crippen LogP contribution is -2.66. The molecule has 4 atom stereocenters. The summed E-state index contributed by atoms with van der Waals surface area (Å²) in [6, 6.07) is 0. The van der Waals surface area contributed by atoms with E-state index in [0.29, 0.717) is 0 Å². The van der Waals surface area contributed by atoms with Crippen LogP contribution in [0.25, 0.3) is 0 Å². The van der Waals surface area contributed by atoms with Crippen LogP contribution in [-0.4, -0.2) is 108 Å². The first-order valence-corrected chi connectivity index (χ1v) is 13.8. The summed E-state index contributed by atoms with van der Waals surface area (Å²) in [6.07, 6.45) is 6.06. The largest absolute Gasteiger partial charge is 0.378 e. The van der Waals surface area contributed by atoms with Gasteiger partial charge in [0.05, 0.1) is 36.6 Å². The molecular weight excluding hydrogens is 426 g/mol. The second kappa shape index (κ2) is 9.25. The average Bonchev–Trinajstić information content (AvgIpc) is 2.67. The molecule has 1 aliphatic carbocycles. The molecule has 4 aliphatic rings. The van der Waals surface area contributed by atoms with Crippen molar-refractivity contribution in [3.8, 4) is 0 Å². The summed E-state index contributed by atoms with van der Waals surface area (Å²) in [7, 11) is 2.24. The lowest BCUT2D eigenvalue weighted by molar-refractivity contribution is -0.236. The minimum atomic E-state index is -0.225. The Morgan fingerprint density at radius 2 is 1.41 bits per heavy atom. The maximum absolute atomic E-state index is 7.04. The Labute approximate surface area is 209 Å². The fourth-order valence-corrected chi connectivity index (χ4v) is 6.53. The third-order valence-electron chi connectivity index (χ3n) is 9.11. The van der Waals surface area contributed by atoms with E-state index in [0.717, 1.165) is 58.8 Å². The van der Waals surface area contributed by atoms with Crippen molar-refractivity contribution >= 4 is 0 Å². The van der Waals surface area contributed by atoms with Crippen LogP contribution in [0.5, 0.6) is 0 Å². The summed E-state index contributed by atoms with van der Waals surface area (Å²) >= 11 is 0. The van der Waals surface area contributed by atoms with E-state index < -0.39 is 0 Å². The quantitative estimate of drug-likeness (QED) is 0.603. The SMILES string of the molecule is CN1CCOCC1(C)CC1CN(C(C)(C)C)CC(C)(CC2CN(C(C)(C)C)CC3(CCC3)O2)O1. The highest BCUT2D eigenvalue weighted by atomic mass is 16.5. The topological polar surface area (TPSA) is 37.4 Å². The Morgan fingerprint density at radius 3 is 1.94 bits per heavy atom. The van der Waals surface area contributed by atoms with Crippen molar-refractivity contribution in [1.29, 1.82) is 0 Å². The van der Waals surface area contributed by atoms with Gasteiger partial charge in [-0.1, -0.05) is 0 Å². The molecule has 1 spiro atoms. The van der Waals surface area contributed by atoms with Crippen LogP contribution in [0.15, 0.2) is 0 Å². The molecule has 0 aromatic carbocycles. The Morgan fingerprint density at radius 1 is 0.824 bits per heavy atom. The van der Waals surface area contributed by atoms with Gasteiger partial charge in [-0.25, -0.2) is 0 Å². The van der Waals surface area contributed by atoms with Gasteiger partial charge in [0.25, 0.3) is 0 Å². The van der Waals surface area contributed by atoms with Crippen LogP contribution in [-0.2, 0) is 14.2 Å². The number of hydrogen-bond donors (Lipinski definition) is 0. The summed E-state index contributed by atoms with van der Waals surface area (Å²) in [6.45, 7) is 25.4. The molecule has 4 unspecified atom stereocenters. The average molecular weight is 480 g/mol. The number of hydrogen-bond acceptors (Lipinski definition) is 6. The molecule has 34 heavy (non-hydrogen) atoms. The van der Waals surface area contributed by atoms with E-state index in [1.807, 2.05) is 0 Å². The molecule has 3 aliphatic heterocycles. The van der Waals surface area contributed by atoms with Crippen molar-refractivity contribution in [2.45, 2.75) is 128 Å². The van der Waals surface area contributed by atoms with Crippen molar-refractivity contribution in [3.05, 3.63) is 0 Å². The molecule has 1 saturated carbocycles. The first-order chi connectivity index (χ1) is 15.6. The highest BCUT2D eigenvalue weighted by molar-refractivity contribution is 5.03. The molecule has 198 valence electrons. The lowest BCUT2D eigenvalue weighted by Gasteiger charge is -2.57. The van der Waals surface area contributed by atoms with E-state index in [2.05, 4.69) is 77.1 Å². The van der Waals surface area contributed by atoms with Gasteiger partial charge >= 0.3 is 0 Å². The Bertz CT molecular complexity index is 713. The van der Waals surface area contributed by atoms with E-state index in [9.17, 15) is 0 Å². The summed E-state index contributed by atoms with van der Waals surface area (Å²) in [5.74, 6) is 0. The summed E-state index contributed by atoms with van der Waals surface area (Å²) in [5.41, 5.74) is 0.139. The van der Waals surface area contributed by atoms with E-state index in [1.165, 1.54) is 19.3 Å². The third-order valence-corrected chi connectivity index (χ3v) is 9.11. The van der Waals surface area contributed by atoms with Gasteiger partial charge in [0, 0.05) is 55.8 Å². The minimum absolute atomic E-state index is 0.0189.